The monoisotopic (exact) mass is 221 g/mol. The highest BCUT2D eigenvalue weighted by Crippen LogP contribution is 2.35. The molecule has 0 saturated heterocycles. The van der Waals surface area contributed by atoms with Crippen LogP contribution >= 0.6 is 0 Å². The molecule has 0 aliphatic heterocycles. The van der Waals surface area contributed by atoms with Crippen LogP contribution in [0.3, 0.4) is 0 Å². The maximum Gasteiger partial charge on any atom is 0.152 e. The van der Waals surface area contributed by atoms with Crippen molar-refractivity contribution < 1.29 is 8.78 Å². The SMILES string of the molecule is NC(c1ccccc1)C1(F)C=CC(F)=CC1. The van der Waals surface area contributed by atoms with E-state index in [2.05, 4.69) is 0 Å². The Morgan fingerprint density at radius 2 is 1.94 bits per heavy atom. The van der Waals surface area contributed by atoms with Gasteiger partial charge in [0.2, 0.25) is 0 Å². The number of allylic oxidation sites excluding steroid dienone is 3. The maximum absolute atomic E-state index is 14.4. The Labute approximate surface area is 93.3 Å². The van der Waals surface area contributed by atoms with Crippen LogP contribution in [-0.4, -0.2) is 5.67 Å². The highest BCUT2D eigenvalue weighted by atomic mass is 19.1. The summed E-state index contributed by atoms with van der Waals surface area (Å²) in [7, 11) is 0. The van der Waals surface area contributed by atoms with Crippen molar-refractivity contribution in [3.05, 3.63) is 60.0 Å². The van der Waals surface area contributed by atoms with Gasteiger partial charge in [0.1, 0.15) is 5.83 Å². The van der Waals surface area contributed by atoms with Crippen LogP contribution in [0, 0.1) is 0 Å². The van der Waals surface area contributed by atoms with E-state index in [9.17, 15) is 8.78 Å². The van der Waals surface area contributed by atoms with Crippen molar-refractivity contribution in [2.24, 2.45) is 5.73 Å². The Bertz CT molecular complexity index is 425. The van der Waals surface area contributed by atoms with E-state index in [4.69, 9.17) is 5.73 Å². The van der Waals surface area contributed by atoms with Crippen molar-refractivity contribution in [2.75, 3.05) is 0 Å². The van der Waals surface area contributed by atoms with Crippen LogP contribution in [0.5, 0.6) is 0 Å². The first kappa shape index (κ1) is 11.0. The third-order valence-corrected chi connectivity index (χ3v) is 2.81. The number of halogens is 2. The molecule has 2 rings (SSSR count). The molecule has 0 saturated carbocycles. The fourth-order valence-electron chi connectivity index (χ4n) is 1.78. The molecule has 3 heteroatoms. The minimum Gasteiger partial charge on any atom is -0.321 e. The molecule has 1 aromatic rings. The van der Waals surface area contributed by atoms with E-state index >= 15 is 0 Å². The van der Waals surface area contributed by atoms with E-state index in [0.717, 1.165) is 6.08 Å². The maximum atomic E-state index is 14.4. The third-order valence-electron chi connectivity index (χ3n) is 2.81. The standard InChI is InChI=1S/C13H13F2N/c14-11-6-8-13(15,9-7-11)12(16)10-4-2-1-3-5-10/h1-8,12H,9,16H2. The Hall–Kier alpha value is -1.48. The predicted molar refractivity (Wildman–Crippen MR) is 60.2 cm³/mol. The summed E-state index contributed by atoms with van der Waals surface area (Å²) in [6.07, 6.45) is 3.54. The quantitative estimate of drug-likeness (QED) is 0.815. The van der Waals surface area contributed by atoms with Crippen molar-refractivity contribution in [3.63, 3.8) is 0 Å². The van der Waals surface area contributed by atoms with Crippen molar-refractivity contribution >= 4 is 0 Å². The lowest BCUT2D eigenvalue weighted by atomic mass is 9.85. The van der Waals surface area contributed by atoms with Gasteiger partial charge in [-0.15, -0.1) is 0 Å². The molecule has 2 atom stereocenters. The van der Waals surface area contributed by atoms with Gasteiger partial charge in [0, 0.05) is 6.42 Å². The Morgan fingerprint density at radius 1 is 1.25 bits per heavy atom. The molecule has 2 N–H and O–H groups in total. The lowest BCUT2D eigenvalue weighted by Gasteiger charge is -2.29. The topological polar surface area (TPSA) is 26.0 Å². The summed E-state index contributed by atoms with van der Waals surface area (Å²) in [6, 6.07) is 8.23. The fourth-order valence-corrected chi connectivity index (χ4v) is 1.78. The van der Waals surface area contributed by atoms with Crippen LogP contribution in [-0.2, 0) is 0 Å². The van der Waals surface area contributed by atoms with E-state index in [-0.39, 0.29) is 6.42 Å². The third kappa shape index (κ3) is 2.04. The minimum absolute atomic E-state index is 0.0224. The zero-order valence-corrected chi connectivity index (χ0v) is 8.74. The molecule has 1 aliphatic rings. The summed E-state index contributed by atoms with van der Waals surface area (Å²) in [5.41, 5.74) is 4.89. The van der Waals surface area contributed by atoms with Gasteiger partial charge in [-0.2, -0.15) is 0 Å². The van der Waals surface area contributed by atoms with Gasteiger partial charge in [-0.1, -0.05) is 30.3 Å². The van der Waals surface area contributed by atoms with Gasteiger partial charge in [-0.25, -0.2) is 8.78 Å². The number of alkyl halides is 1. The molecule has 2 unspecified atom stereocenters. The summed E-state index contributed by atoms with van der Waals surface area (Å²) in [4.78, 5) is 0. The molecular formula is C13H13F2N. The lowest BCUT2D eigenvalue weighted by molar-refractivity contribution is 0.185. The average Bonchev–Trinajstić information content (AvgIpc) is 2.33. The van der Waals surface area contributed by atoms with Gasteiger partial charge in [0.25, 0.3) is 0 Å². The highest BCUT2D eigenvalue weighted by Gasteiger charge is 2.35. The van der Waals surface area contributed by atoms with Crippen molar-refractivity contribution in [3.8, 4) is 0 Å². The summed E-state index contributed by atoms with van der Waals surface area (Å²) in [5.74, 6) is -0.409. The normalized spacial score (nSPS) is 26.3. The molecule has 0 aromatic heterocycles. The van der Waals surface area contributed by atoms with Gasteiger partial charge < -0.3 is 5.73 Å². The van der Waals surface area contributed by atoms with Crippen LogP contribution in [0.1, 0.15) is 18.0 Å². The van der Waals surface area contributed by atoms with Crippen LogP contribution in [0.25, 0.3) is 0 Å². The van der Waals surface area contributed by atoms with E-state index in [1.807, 2.05) is 18.2 Å². The molecule has 1 aromatic carbocycles. The molecular weight excluding hydrogens is 208 g/mol. The second-order valence-corrected chi connectivity index (χ2v) is 3.94. The number of hydrogen-bond acceptors (Lipinski definition) is 1. The predicted octanol–water partition coefficient (Wildman–Crippen LogP) is 3.21. The summed E-state index contributed by atoms with van der Waals surface area (Å²) < 4.78 is 27.2. The van der Waals surface area contributed by atoms with E-state index in [0.29, 0.717) is 5.56 Å². The molecule has 0 bridgehead atoms. The fraction of sp³-hybridized carbons (Fsp3) is 0.231. The van der Waals surface area contributed by atoms with Crippen molar-refractivity contribution in [2.45, 2.75) is 18.1 Å². The number of benzene rings is 1. The number of rotatable bonds is 2. The minimum atomic E-state index is -1.70. The average molecular weight is 221 g/mol. The molecule has 16 heavy (non-hydrogen) atoms. The molecule has 84 valence electrons. The van der Waals surface area contributed by atoms with E-state index < -0.39 is 17.5 Å². The number of nitrogens with two attached hydrogens (primary N) is 1. The molecule has 0 amide bonds. The molecule has 0 radical (unpaired) electrons. The second-order valence-electron chi connectivity index (χ2n) is 3.94. The van der Waals surface area contributed by atoms with Gasteiger partial charge in [0.15, 0.2) is 5.67 Å². The first-order chi connectivity index (χ1) is 7.62. The van der Waals surface area contributed by atoms with E-state index in [1.54, 1.807) is 12.1 Å². The highest BCUT2D eigenvalue weighted by molar-refractivity contribution is 5.30. The Kier molecular flexibility index (Phi) is 2.88. The Morgan fingerprint density at radius 3 is 2.50 bits per heavy atom. The number of hydrogen-bond donors (Lipinski definition) is 1. The van der Waals surface area contributed by atoms with Crippen LogP contribution in [0.4, 0.5) is 8.78 Å². The second kappa shape index (κ2) is 4.18. The Balaban J connectivity index is 2.23. The summed E-state index contributed by atoms with van der Waals surface area (Å²) in [6.45, 7) is 0. The zero-order chi connectivity index (χ0) is 11.6. The van der Waals surface area contributed by atoms with Crippen molar-refractivity contribution in [1.29, 1.82) is 0 Å². The van der Waals surface area contributed by atoms with Gasteiger partial charge >= 0.3 is 0 Å². The van der Waals surface area contributed by atoms with Crippen molar-refractivity contribution in [1.82, 2.24) is 0 Å². The summed E-state index contributed by atoms with van der Waals surface area (Å²) in [5, 5.41) is 0. The molecule has 0 heterocycles. The first-order valence-corrected chi connectivity index (χ1v) is 5.16. The van der Waals surface area contributed by atoms with Gasteiger partial charge in [-0.05, 0) is 23.8 Å². The van der Waals surface area contributed by atoms with Gasteiger partial charge in [-0.3, -0.25) is 0 Å². The molecule has 1 aliphatic carbocycles. The largest absolute Gasteiger partial charge is 0.321 e. The lowest BCUT2D eigenvalue weighted by Crippen LogP contribution is -2.35. The first-order valence-electron chi connectivity index (χ1n) is 5.16. The van der Waals surface area contributed by atoms with Crippen LogP contribution < -0.4 is 5.73 Å². The molecule has 0 fully saturated rings. The van der Waals surface area contributed by atoms with Crippen LogP contribution in [0.2, 0.25) is 0 Å². The summed E-state index contributed by atoms with van der Waals surface area (Å²) >= 11 is 0. The van der Waals surface area contributed by atoms with Crippen LogP contribution in [0.15, 0.2) is 54.4 Å². The van der Waals surface area contributed by atoms with Gasteiger partial charge in [0.05, 0.1) is 6.04 Å². The van der Waals surface area contributed by atoms with E-state index in [1.165, 1.54) is 12.2 Å². The molecule has 1 nitrogen and oxygen atoms in total. The smallest absolute Gasteiger partial charge is 0.152 e. The molecule has 0 spiro atoms. The zero-order valence-electron chi connectivity index (χ0n) is 8.74.